The van der Waals surface area contributed by atoms with E-state index in [2.05, 4.69) is 6.07 Å². The van der Waals surface area contributed by atoms with E-state index in [1.54, 1.807) is 18.2 Å². The molecule has 106 valence electrons. The second-order valence-corrected chi connectivity index (χ2v) is 5.57. The maximum Gasteiger partial charge on any atom is 0.139 e. The van der Waals surface area contributed by atoms with Gasteiger partial charge in [0.1, 0.15) is 24.2 Å². The first-order valence-electron chi connectivity index (χ1n) is 6.44. The van der Waals surface area contributed by atoms with Gasteiger partial charge in [-0.05, 0) is 29.8 Å². The molecule has 3 nitrogen and oxygen atoms in total. The number of hydrogen-bond acceptors (Lipinski definition) is 3. The molecule has 2 aromatic rings. The van der Waals surface area contributed by atoms with Gasteiger partial charge in [0.05, 0.1) is 12.2 Å². The molecule has 5 heteroatoms. The fourth-order valence-electron chi connectivity index (χ4n) is 2.32. The van der Waals surface area contributed by atoms with Crippen molar-refractivity contribution in [3.05, 3.63) is 57.1 Å². The van der Waals surface area contributed by atoms with Crippen LogP contribution in [-0.2, 0) is 13.0 Å². The van der Waals surface area contributed by atoms with E-state index in [9.17, 15) is 0 Å². The van der Waals surface area contributed by atoms with E-state index in [0.717, 1.165) is 23.3 Å². The standard InChI is InChI=1S/C16H11Cl2NO2/c17-13-2-1-11(8-19)15(7-13)21-9-12-6-14(18)5-10-3-4-20-16(10)12/h1-2,5-7H,3-4,9H2. The molecule has 0 aliphatic carbocycles. The molecule has 0 N–H and O–H groups in total. The Labute approximate surface area is 132 Å². The van der Waals surface area contributed by atoms with Gasteiger partial charge in [-0.2, -0.15) is 5.26 Å². The first-order chi connectivity index (χ1) is 10.2. The van der Waals surface area contributed by atoms with Gasteiger partial charge in [0.2, 0.25) is 0 Å². The van der Waals surface area contributed by atoms with Crippen molar-refractivity contribution in [1.29, 1.82) is 5.26 Å². The summed E-state index contributed by atoms with van der Waals surface area (Å²) < 4.78 is 11.4. The smallest absolute Gasteiger partial charge is 0.139 e. The lowest BCUT2D eigenvalue weighted by atomic mass is 10.1. The zero-order valence-electron chi connectivity index (χ0n) is 11.0. The zero-order valence-corrected chi connectivity index (χ0v) is 12.5. The summed E-state index contributed by atoms with van der Waals surface area (Å²) in [5.74, 6) is 1.29. The Morgan fingerprint density at radius 3 is 2.86 bits per heavy atom. The van der Waals surface area contributed by atoms with Gasteiger partial charge >= 0.3 is 0 Å². The van der Waals surface area contributed by atoms with Crippen molar-refractivity contribution in [2.75, 3.05) is 6.61 Å². The molecular formula is C16H11Cl2NO2. The average Bonchev–Trinajstić information content (AvgIpc) is 2.93. The van der Waals surface area contributed by atoms with E-state index < -0.39 is 0 Å². The highest BCUT2D eigenvalue weighted by Crippen LogP contribution is 2.34. The van der Waals surface area contributed by atoms with Gasteiger partial charge in [0.25, 0.3) is 0 Å². The fraction of sp³-hybridized carbons (Fsp3) is 0.188. The molecule has 0 fully saturated rings. The number of nitriles is 1. The highest BCUT2D eigenvalue weighted by atomic mass is 35.5. The molecule has 0 atom stereocenters. The van der Waals surface area contributed by atoms with Crippen LogP contribution in [0.5, 0.6) is 11.5 Å². The van der Waals surface area contributed by atoms with Crippen molar-refractivity contribution in [2.24, 2.45) is 0 Å². The lowest BCUT2D eigenvalue weighted by Gasteiger charge is -2.12. The third-order valence-electron chi connectivity index (χ3n) is 3.27. The second kappa shape index (κ2) is 5.85. The summed E-state index contributed by atoms with van der Waals surface area (Å²) in [5.41, 5.74) is 2.41. The van der Waals surface area contributed by atoms with Crippen LogP contribution in [0.3, 0.4) is 0 Å². The molecule has 0 amide bonds. The molecule has 0 bridgehead atoms. The first kappa shape index (κ1) is 14.1. The van der Waals surface area contributed by atoms with Gasteiger partial charge in [0, 0.05) is 28.1 Å². The Morgan fingerprint density at radius 2 is 2.05 bits per heavy atom. The van der Waals surface area contributed by atoms with Crippen molar-refractivity contribution in [1.82, 2.24) is 0 Å². The maximum atomic E-state index is 9.09. The molecule has 0 saturated heterocycles. The fourth-order valence-corrected chi connectivity index (χ4v) is 2.74. The minimum Gasteiger partial charge on any atom is -0.493 e. The summed E-state index contributed by atoms with van der Waals surface area (Å²) in [6.07, 6.45) is 0.851. The van der Waals surface area contributed by atoms with Gasteiger partial charge < -0.3 is 9.47 Å². The average molecular weight is 320 g/mol. The third kappa shape index (κ3) is 2.92. The molecule has 0 unspecified atom stereocenters. The SMILES string of the molecule is N#Cc1ccc(Cl)cc1OCc1cc(Cl)cc2c1OCC2. The van der Waals surface area contributed by atoms with Crippen molar-refractivity contribution >= 4 is 23.2 Å². The quantitative estimate of drug-likeness (QED) is 0.843. The van der Waals surface area contributed by atoms with Gasteiger partial charge in [-0.15, -0.1) is 0 Å². The minimum atomic E-state index is 0.276. The van der Waals surface area contributed by atoms with Crippen LogP contribution in [0.1, 0.15) is 16.7 Å². The van der Waals surface area contributed by atoms with Crippen LogP contribution in [0, 0.1) is 11.3 Å². The largest absolute Gasteiger partial charge is 0.493 e. The van der Waals surface area contributed by atoms with Crippen molar-refractivity contribution < 1.29 is 9.47 Å². The molecule has 3 rings (SSSR count). The zero-order chi connectivity index (χ0) is 14.8. The van der Waals surface area contributed by atoms with E-state index in [-0.39, 0.29) is 6.61 Å². The van der Waals surface area contributed by atoms with Crippen molar-refractivity contribution in [2.45, 2.75) is 13.0 Å². The number of halogens is 2. The van der Waals surface area contributed by atoms with Crippen LogP contribution in [0.25, 0.3) is 0 Å². The van der Waals surface area contributed by atoms with Crippen LogP contribution in [0.15, 0.2) is 30.3 Å². The van der Waals surface area contributed by atoms with E-state index in [1.807, 2.05) is 12.1 Å². The number of hydrogen-bond donors (Lipinski definition) is 0. The van der Waals surface area contributed by atoms with E-state index in [4.69, 9.17) is 37.9 Å². The highest BCUT2D eigenvalue weighted by Gasteiger charge is 2.18. The van der Waals surface area contributed by atoms with Gasteiger partial charge in [-0.25, -0.2) is 0 Å². The summed E-state index contributed by atoms with van der Waals surface area (Å²) in [7, 11) is 0. The Morgan fingerprint density at radius 1 is 1.19 bits per heavy atom. The molecule has 1 aliphatic heterocycles. The van der Waals surface area contributed by atoms with Crippen LogP contribution in [0.2, 0.25) is 10.0 Å². The molecule has 2 aromatic carbocycles. The Kier molecular flexibility index (Phi) is 3.92. The normalized spacial score (nSPS) is 12.4. The number of ether oxygens (including phenoxy) is 2. The number of benzene rings is 2. The maximum absolute atomic E-state index is 9.09. The third-order valence-corrected chi connectivity index (χ3v) is 3.73. The summed E-state index contributed by atoms with van der Waals surface area (Å²) in [4.78, 5) is 0. The number of rotatable bonds is 3. The van der Waals surface area contributed by atoms with Gasteiger partial charge in [-0.1, -0.05) is 23.2 Å². The monoisotopic (exact) mass is 319 g/mol. The summed E-state index contributed by atoms with van der Waals surface area (Å²) >= 11 is 12.0. The summed E-state index contributed by atoms with van der Waals surface area (Å²) in [6, 6.07) is 10.7. The molecule has 21 heavy (non-hydrogen) atoms. The molecule has 0 aromatic heterocycles. The van der Waals surface area contributed by atoms with Crippen LogP contribution < -0.4 is 9.47 Å². The Hall–Kier alpha value is -1.89. The van der Waals surface area contributed by atoms with E-state index in [0.29, 0.717) is 28.0 Å². The van der Waals surface area contributed by atoms with Crippen molar-refractivity contribution in [3.8, 4) is 17.6 Å². The molecular weight excluding hydrogens is 309 g/mol. The Balaban J connectivity index is 1.86. The predicted molar refractivity (Wildman–Crippen MR) is 81.2 cm³/mol. The molecule has 0 radical (unpaired) electrons. The van der Waals surface area contributed by atoms with Crippen molar-refractivity contribution in [3.63, 3.8) is 0 Å². The summed E-state index contributed by atoms with van der Waals surface area (Å²) in [5, 5.41) is 10.3. The van der Waals surface area contributed by atoms with E-state index >= 15 is 0 Å². The second-order valence-electron chi connectivity index (χ2n) is 4.69. The van der Waals surface area contributed by atoms with Crippen LogP contribution in [-0.4, -0.2) is 6.61 Å². The van der Waals surface area contributed by atoms with Crippen LogP contribution >= 0.6 is 23.2 Å². The predicted octanol–water partition coefficient (Wildman–Crippen LogP) is 4.38. The van der Waals surface area contributed by atoms with Gasteiger partial charge in [-0.3, -0.25) is 0 Å². The lowest BCUT2D eigenvalue weighted by Crippen LogP contribution is -2.00. The topological polar surface area (TPSA) is 42.2 Å². The van der Waals surface area contributed by atoms with Gasteiger partial charge in [0.15, 0.2) is 0 Å². The molecule has 0 saturated carbocycles. The summed E-state index contributed by atoms with van der Waals surface area (Å²) in [6.45, 7) is 0.932. The molecule has 0 spiro atoms. The minimum absolute atomic E-state index is 0.276. The lowest BCUT2D eigenvalue weighted by molar-refractivity contribution is 0.291. The van der Waals surface area contributed by atoms with Crippen LogP contribution in [0.4, 0.5) is 0 Å². The Bertz CT molecular complexity index is 738. The first-order valence-corrected chi connectivity index (χ1v) is 7.19. The number of nitrogens with zero attached hydrogens (tertiary/aromatic N) is 1. The molecule has 1 heterocycles. The number of fused-ring (bicyclic) bond motifs is 1. The van der Waals surface area contributed by atoms with E-state index in [1.165, 1.54) is 0 Å². The highest BCUT2D eigenvalue weighted by molar-refractivity contribution is 6.31. The molecule has 1 aliphatic rings.